The molecule has 21 heavy (non-hydrogen) atoms. The van der Waals surface area contributed by atoms with Crippen molar-refractivity contribution in [1.82, 2.24) is 4.90 Å². The van der Waals surface area contributed by atoms with Gasteiger partial charge in [-0.25, -0.2) is 0 Å². The largest absolute Gasteiger partial charge is 0.480 e. The molecular weight excluding hydrogens is 266 g/mol. The monoisotopic (exact) mass is 289 g/mol. The Hall–Kier alpha value is -1.39. The van der Waals surface area contributed by atoms with Gasteiger partial charge in [-0.15, -0.1) is 0 Å². The van der Waals surface area contributed by atoms with Crippen molar-refractivity contribution in [3.8, 4) is 0 Å². The zero-order chi connectivity index (χ0) is 14.8. The summed E-state index contributed by atoms with van der Waals surface area (Å²) in [7, 11) is 1.69. The summed E-state index contributed by atoms with van der Waals surface area (Å²) in [6.45, 7) is 2.25. The van der Waals surface area contributed by atoms with Crippen molar-refractivity contribution in [2.24, 2.45) is 11.8 Å². The van der Waals surface area contributed by atoms with Crippen molar-refractivity contribution in [3.63, 3.8) is 0 Å². The predicted molar refractivity (Wildman–Crippen MR) is 79.8 cm³/mol. The number of hydrogen-bond acceptors (Lipinski definition) is 3. The van der Waals surface area contributed by atoms with Gasteiger partial charge in [0.2, 0.25) is 0 Å². The number of nitrogens with zero attached hydrogens (tertiary/aromatic N) is 1. The van der Waals surface area contributed by atoms with Gasteiger partial charge in [0.15, 0.2) is 0 Å². The number of ether oxygens (including phenoxy) is 1. The van der Waals surface area contributed by atoms with Crippen molar-refractivity contribution in [3.05, 3.63) is 35.4 Å². The molecule has 4 heteroatoms. The third kappa shape index (κ3) is 2.97. The number of rotatable bonds is 5. The van der Waals surface area contributed by atoms with Gasteiger partial charge in [0.1, 0.15) is 6.04 Å². The van der Waals surface area contributed by atoms with E-state index in [1.54, 1.807) is 7.11 Å². The van der Waals surface area contributed by atoms with E-state index in [4.69, 9.17) is 4.74 Å². The zero-order valence-corrected chi connectivity index (χ0v) is 12.5. The van der Waals surface area contributed by atoms with E-state index in [0.717, 1.165) is 25.1 Å². The van der Waals surface area contributed by atoms with Crippen molar-refractivity contribution >= 4 is 5.97 Å². The highest BCUT2D eigenvalue weighted by Crippen LogP contribution is 2.42. The third-order valence-corrected chi connectivity index (χ3v) is 4.93. The molecule has 0 spiro atoms. The van der Waals surface area contributed by atoms with Crippen LogP contribution in [-0.4, -0.2) is 35.7 Å². The lowest BCUT2D eigenvalue weighted by Gasteiger charge is -2.24. The Morgan fingerprint density at radius 3 is 2.95 bits per heavy atom. The Kier molecular flexibility index (Phi) is 4.27. The van der Waals surface area contributed by atoms with Crippen molar-refractivity contribution in [2.75, 3.05) is 13.7 Å². The molecular formula is C17H23NO3. The highest BCUT2D eigenvalue weighted by Gasteiger charge is 2.47. The van der Waals surface area contributed by atoms with Gasteiger partial charge in [0, 0.05) is 20.2 Å². The molecule has 1 aromatic carbocycles. The van der Waals surface area contributed by atoms with E-state index in [2.05, 4.69) is 17.0 Å². The first kappa shape index (κ1) is 14.5. The number of aliphatic carboxylic acids is 1. The average Bonchev–Trinajstić information content (AvgIpc) is 2.99. The molecule has 2 aliphatic rings. The quantitative estimate of drug-likeness (QED) is 0.905. The molecule has 2 fully saturated rings. The van der Waals surface area contributed by atoms with Gasteiger partial charge in [0.25, 0.3) is 0 Å². The van der Waals surface area contributed by atoms with Crippen LogP contribution >= 0.6 is 0 Å². The summed E-state index contributed by atoms with van der Waals surface area (Å²) in [6, 6.07) is 7.96. The molecule has 3 atom stereocenters. The fraction of sp³-hybridized carbons (Fsp3) is 0.588. The molecule has 1 aromatic rings. The Bertz CT molecular complexity index is 517. The first-order valence-electron chi connectivity index (χ1n) is 7.72. The Labute approximate surface area is 125 Å². The lowest BCUT2D eigenvalue weighted by atomic mass is 9.94. The second kappa shape index (κ2) is 6.16. The lowest BCUT2D eigenvalue weighted by Crippen LogP contribution is -2.39. The minimum atomic E-state index is -0.655. The molecule has 1 saturated heterocycles. The van der Waals surface area contributed by atoms with Crippen molar-refractivity contribution < 1.29 is 14.6 Å². The summed E-state index contributed by atoms with van der Waals surface area (Å²) < 4.78 is 5.17. The molecule has 1 saturated carbocycles. The lowest BCUT2D eigenvalue weighted by molar-refractivity contribution is -0.143. The molecule has 0 bridgehead atoms. The first-order chi connectivity index (χ1) is 10.2. The molecule has 1 aliphatic carbocycles. The summed E-state index contributed by atoms with van der Waals surface area (Å²) in [5, 5.41) is 9.59. The average molecular weight is 289 g/mol. The number of benzene rings is 1. The fourth-order valence-electron chi connectivity index (χ4n) is 4.11. The van der Waals surface area contributed by atoms with E-state index in [9.17, 15) is 9.90 Å². The Balaban J connectivity index is 1.74. The number of carboxylic acid groups (broad SMARTS) is 1. The molecule has 3 unspecified atom stereocenters. The van der Waals surface area contributed by atoms with Gasteiger partial charge in [-0.3, -0.25) is 9.69 Å². The number of methoxy groups -OCH3 is 1. The summed E-state index contributed by atoms with van der Waals surface area (Å²) in [4.78, 5) is 13.8. The van der Waals surface area contributed by atoms with E-state index in [0.29, 0.717) is 18.4 Å². The predicted octanol–water partition coefficient (Wildman–Crippen LogP) is 2.52. The SMILES string of the molecule is COCc1cccc(CN2CC3CCCC3C2C(=O)O)c1. The molecule has 0 radical (unpaired) electrons. The van der Waals surface area contributed by atoms with Crippen LogP contribution in [0.4, 0.5) is 0 Å². The van der Waals surface area contributed by atoms with Crippen molar-refractivity contribution in [1.29, 1.82) is 0 Å². The Morgan fingerprint density at radius 2 is 2.19 bits per heavy atom. The summed E-state index contributed by atoms with van der Waals surface area (Å²) in [5.74, 6) is 0.273. The maximum atomic E-state index is 11.7. The van der Waals surface area contributed by atoms with Gasteiger partial charge in [0.05, 0.1) is 6.61 Å². The normalized spacial score (nSPS) is 28.7. The summed E-state index contributed by atoms with van der Waals surface area (Å²) >= 11 is 0. The maximum absolute atomic E-state index is 11.7. The molecule has 1 heterocycles. The number of fused-ring (bicyclic) bond motifs is 1. The molecule has 0 amide bonds. The molecule has 1 aliphatic heterocycles. The van der Waals surface area contributed by atoms with Gasteiger partial charge < -0.3 is 9.84 Å². The van der Waals surface area contributed by atoms with Crippen LogP contribution in [0.1, 0.15) is 30.4 Å². The smallest absolute Gasteiger partial charge is 0.321 e. The number of carboxylic acids is 1. The van der Waals surface area contributed by atoms with Crippen LogP contribution in [0.3, 0.4) is 0 Å². The van der Waals surface area contributed by atoms with Crippen LogP contribution in [0.25, 0.3) is 0 Å². The van der Waals surface area contributed by atoms with E-state index < -0.39 is 5.97 Å². The van der Waals surface area contributed by atoms with Gasteiger partial charge in [-0.2, -0.15) is 0 Å². The zero-order valence-electron chi connectivity index (χ0n) is 12.5. The minimum absolute atomic E-state index is 0.302. The molecule has 1 N–H and O–H groups in total. The van der Waals surface area contributed by atoms with Crippen LogP contribution in [0.5, 0.6) is 0 Å². The Morgan fingerprint density at radius 1 is 1.38 bits per heavy atom. The number of carbonyl (C=O) groups is 1. The number of hydrogen-bond donors (Lipinski definition) is 1. The fourth-order valence-corrected chi connectivity index (χ4v) is 4.11. The molecule has 0 aromatic heterocycles. The molecule has 4 nitrogen and oxygen atoms in total. The van der Waals surface area contributed by atoms with Gasteiger partial charge >= 0.3 is 5.97 Å². The molecule has 114 valence electrons. The van der Waals surface area contributed by atoms with Crippen molar-refractivity contribution in [2.45, 2.75) is 38.5 Å². The van der Waals surface area contributed by atoms with E-state index >= 15 is 0 Å². The summed E-state index contributed by atoms with van der Waals surface area (Å²) in [6.07, 6.45) is 3.45. The van der Waals surface area contributed by atoms with E-state index in [1.165, 1.54) is 18.4 Å². The topological polar surface area (TPSA) is 49.8 Å². The third-order valence-electron chi connectivity index (χ3n) is 4.93. The van der Waals surface area contributed by atoms with E-state index in [1.807, 2.05) is 12.1 Å². The van der Waals surface area contributed by atoms with Crippen LogP contribution in [-0.2, 0) is 22.7 Å². The van der Waals surface area contributed by atoms with Crippen LogP contribution in [0.15, 0.2) is 24.3 Å². The molecule has 3 rings (SSSR count). The van der Waals surface area contributed by atoms with Crippen LogP contribution in [0, 0.1) is 11.8 Å². The van der Waals surface area contributed by atoms with Crippen LogP contribution < -0.4 is 0 Å². The first-order valence-corrected chi connectivity index (χ1v) is 7.72. The summed E-state index contributed by atoms with van der Waals surface area (Å²) in [5.41, 5.74) is 2.32. The highest BCUT2D eigenvalue weighted by atomic mass is 16.5. The van der Waals surface area contributed by atoms with Gasteiger partial charge in [-0.1, -0.05) is 30.7 Å². The second-order valence-corrected chi connectivity index (χ2v) is 6.32. The van der Waals surface area contributed by atoms with Crippen LogP contribution in [0.2, 0.25) is 0 Å². The maximum Gasteiger partial charge on any atom is 0.321 e. The standard InChI is InChI=1S/C17H23NO3/c1-21-11-13-5-2-4-12(8-13)9-18-10-14-6-3-7-15(14)16(18)17(19)20/h2,4-5,8,14-16H,3,6-7,9-11H2,1H3,(H,19,20). The van der Waals surface area contributed by atoms with Gasteiger partial charge in [-0.05, 0) is 35.8 Å². The second-order valence-electron chi connectivity index (χ2n) is 6.32. The number of likely N-dealkylation sites (tertiary alicyclic amines) is 1. The van der Waals surface area contributed by atoms with E-state index in [-0.39, 0.29) is 6.04 Å². The minimum Gasteiger partial charge on any atom is -0.480 e. The highest BCUT2D eigenvalue weighted by molar-refractivity contribution is 5.74.